The Balaban J connectivity index is 1.38. The number of benzene rings is 2. The molecule has 0 saturated carbocycles. The number of sulfonamides is 1. The van der Waals surface area contributed by atoms with Crippen molar-refractivity contribution in [3.63, 3.8) is 0 Å². The number of nitrogens with zero attached hydrogens (tertiary/aromatic N) is 6. The second-order valence-corrected chi connectivity index (χ2v) is 10.8. The third-order valence-corrected chi connectivity index (χ3v) is 8.33. The summed E-state index contributed by atoms with van der Waals surface area (Å²) in [6.45, 7) is 1.25. The zero-order valence-corrected chi connectivity index (χ0v) is 20.5. The molecule has 0 radical (unpaired) electrons. The van der Waals surface area contributed by atoms with Crippen LogP contribution in [0.15, 0.2) is 71.1 Å². The van der Waals surface area contributed by atoms with Gasteiger partial charge in [0.15, 0.2) is 0 Å². The maximum absolute atomic E-state index is 13.2. The Morgan fingerprint density at radius 1 is 1.00 bits per heavy atom. The van der Waals surface area contributed by atoms with Gasteiger partial charge in [-0.15, -0.1) is 11.3 Å². The van der Waals surface area contributed by atoms with E-state index in [2.05, 4.69) is 21.4 Å². The molecule has 1 aliphatic rings. The Labute approximate surface area is 211 Å². The summed E-state index contributed by atoms with van der Waals surface area (Å²) < 4.78 is 40.6. The Kier molecular flexibility index (Phi) is 6.60. The number of rotatable bonds is 6. The highest BCUT2D eigenvalue weighted by atomic mass is 32.2. The predicted molar refractivity (Wildman–Crippen MR) is 135 cm³/mol. The Bertz CT molecular complexity index is 1500. The molecule has 4 aromatic rings. The van der Waals surface area contributed by atoms with E-state index in [1.165, 1.54) is 27.8 Å². The van der Waals surface area contributed by atoms with Crippen molar-refractivity contribution in [3.05, 3.63) is 77.6 Å². The van der Waals surface area contributed by atoms with Gasteiger partial charge in [0.1, 0.15) is 22.3 Å². The predicted octanol–water partition coefficient (Wildman–Crippen LogP) is 3.87. The fourth-order valence-corrected chi connectivity index (χ4v) is 5.78. The van der Waals surface area contributed by atoms with Crippen LogP contribution in [-0.4, -0.2) is 53.9 Å². The van der Waals surface area contributed by atoms with Crippen LogP contribution in [0.2, 0.25) is 0 Å². The van der Waals surface area contributed by atoms with Gasteiger partial charge in [0.05, 0.1) is 16.5 Å². The molecule has 3 heterocycles. The van der Waals surface area contributed by atoms with Crippen molar-refractivity contribution in [2.75, 3.05) is 36.4 Å². The van der Waals surface area contributed by atoms with Gasteiger partial charge in [0.2, 0.25) is 16.0 Å². The number of aromatic nitrogens is 3. The minimum atomic E-state index is -3.73. The molecule has 0 spiro atoms. The second kappa shape index (κ2) is 9.98. The lowest BCUT2D eigenvalue weighted by molar-refractivity contribution is 0.382. The molecule has 0 atom stereocenters. The van der Waals surface area contributed by atoms with Crippen molar-refractivity contribution in [1.29, 1.82) is 5.26 Å². The van der Waals surface area contributed by atoms with Crippen LogP contribution < -0.4 is 10.2 Å². The molecule has 36 heavy (non-hydrogen) atoms. The molecule has 1 N–H and O–H groups in total. The molecule has 0 aliphatic carbocycles. The number of hydrogen-bond donors (Lipinski definition) is 1. The number of nitrogens with one attached hydrogen (secondary N) is 1. The molecule has 0 bridgehead atoms. The van der Waals surface area contributed by atoms with Gasteiger partial charge in [0, 0.05) is 49.5 Å². The minimum absolute atomic E-state index is 0.0632. The largest absolute Gasteiger partial charge is 0.340 e. The van der Waals surface area contributed by atoms with Gasteiger partial charge in [-0.25, -0.2) is 22.8 Å². The third-order valence-electron chi connectivity index (χ3n) is 5.63. The van der Waals surface area contributed by atoms with E-state index in [1.807, 2.05) is 10.3 Å². The first kappa shape index (κ1) is 23.8. The summed E-state index contributed by atoms with van der Waals surface area (Å²) in [4.78, 5) is 15.7. The van der Waals surface area contributed by atoms with E-state index >= 15 is 0 Å². The average molecular weight is 522 g/mol. The maximum atomic E-state index is 13.2. The molecule has 12 heteroatoms. The van der Waals surface area contributed by atoms with E-state index in [0.29, 0.717) is 36.1 Å². The van der Waals surface area contributed by atoms with Gasteiger partial charge >= 0.3 is 0 Å². The van der Waals surface area contributed by atoms with Crippen molar-refractivity contribution in [2.45, 2.75) is 4.90 Å². The molecule has 182 valence electrons. The first-order valence-electron chi connectivity index (χ1n) is 11.0. The number of halogens is 1. The lowest BCUT2D eigenvalue weighted by Gasteiger charge is -2.34. The normalized spacial score (nSPS) is 14.4. The van der Waals surface area contributed by atoms with Crippen LogP contribution >= 0.6 is 11.3 Å². The van der Waals surface area contributed by atoms with E-state index in [-0.39, 0.29) is 18.0 Å². The SMILES string of the molecule is N#Cc1ccc(Nc2cc(-c3nccs3)nc(N3CCN(S(=O)(=O)c4ccc(F)cc4)CC3)n2)cc1. The van der Waals surface area contributed by atoms with Gasteiger partial charge in [-0.05, 0) is 48.5 Å². The quantitative estimate of drug-likeness (QED) is 0.407. The highest BCUT2D eigenvalue weighted by Gasteiger charge is 2.29. The number of hydrogen-bond acceptors (Lipinski definition) is 9. The summed E-state index contributed by atoms with van der Waals surface area (Å²) in [6, 6.07) is 15.8. The minimum Gasteiger partial charge on any atom is -0.340 e. The van der Waals surface area contributed by atoms with Crippen LogP contribution in [-0.2, 0) is 10.0 Å². The van der Waals surface area contributed by atoms with Crippen LogP contribution in [0, 0.1) is 17.1 Å². The summed E-state index contributed by atoms with van der Waals surface area (Å²) in [5.74, 6) is 0.524. The average Bonchev–Trinajstić information content (AvgIpc) is 3.45. The van der Waals surface area contributed by atoms with Crippen LogP contribution in [0.4, 0.5) is 21.8 Å². The topological polar surface area (TPSA) is 115 Å². The lowest BCUT2D eigenvalue weighted by Crippen LogP contribution is -2.49. The van der Waals surface area contributed by atoms with E-state index in [4.69, 9.17) is 10.2 Å². The molecule has 1 fully saturated rings. The first-order valence-corrected chi connectivity index (χ1v) is 13.3. The van der Waals surface area contributed by atoms with E-state index < -0.39 is 15.8 Å². The van der Waals surface area contributed by atoms with Gasteiger partial charge in [0.25, 0.3) is 0 Å². The molecule has 9 nitrogen and oxygen atoms in total. The molecule has 0 amide bonds. The van der Waals surface area contributed by atoms with E-state index in [0.717, 1.165) is 22.8 Å². The smallest absolute Gasteiger partial charge is 0.243 e. The van der Waals surface area contributed by atoms with Crippen molar-refractivity contribution in [1.82, 2.24) is 19.3 Å². The Hall–Kier alpha value is -3.92. The molecule has 1 saturated heterocycles. The summed E-state index contributed by atoms with van der Waals surface area (Å²) >= 11 is 1.46. The standard InChI is InChI=1S/C24H20FN7O2S2/c25-18-3-7-20(8-4-18)36(33,34)32-12-10-31(11-13-32)24-29-21(23-27-9-14-35-23)15-22(30-24)28-19-5-1-17(16-26)2-6-19/h1-9,14-15H,10-13H2,(H,28,29,30). The van der Waals surface area contributed by atoms with Crippen molar-refractivity contribution < 1.29 is 12.8 Å². The fourth-order valence-electron chi connectivity index (χ4n) is 3.76. The number of thiazole rings is 1. The molecule has 2 aromatic carbocycles. The molecule has 5 rings (SSSR count). The van der Waals surface area contributed by atoms with Gasteiger partial charge in [-0.2, -0.15) is 14.6 Å². The monoisotopic (exact) mass is 521 g/mol. The summed E-state index contributed by atoms with van der Waals surface area (Å²) in [5, 5.41) is 14.9. The molecule has 2 aromatic heterocycles. The summed E-state index contributed by atoms with van der Waals surface area (Å²) in [6.07, 6.45) is 1.70. The van der Waals surface area contributed by atoms with Crippen LogP contribution in [0.5, 0.6) is 0 Å². The highest BCUT2D eigenvalue weighted by Crippen LogP contribution is 2.27. The second-order valence-electron chi connectivity index (χ2n) is 7.93. The summed E-state index contributed by atoms with van der Waals surface area (Å²) in [5.41, 5.74) is 1.97. The van der Waals surface area contributed by atoms with Crippen molar-refractivity contribution >= 4 is 38.8 Å². The first-order chi connectivity index (χ1) is 17.4. The fraction of sp³-hybridized carbons (Fsp3) is 0.167. The van der Waals surface area contributed by atoms with Crippen LogP contribution in [0.1, 0.15) is 5.56 Å². The van der Waals surface area contributed by atoms with Crippen LogP contribution in [0.25, 0.3) is 10.7 Å². The maximum Gasteiger partial charge on any atom is 0.243 e. The Morgan fingerprint density at radius 3 is 2.36 bits per heavy atom. The molecular formula is C24H20FN7O2S2. The van der Waals surface area contributed by atoms with Gasteiger partial charge < -0.3 is 10.2 Å². The molecule has 0 unspecified atom stereocenters. The zero-order chi connectivity index (χ0) is 25.1. The van der Waals surface area contributed by atoms with Gasteiger partial charge in [-0.3, -0.25) is 0 Å². The van der Waals surface area contributed by atoms with Crippen LogP contribution in [0.3, 0.4) is 0 Å². The van der Waals surface area contributed by atoms with Gasteiger partial charge in [-0.1, -0.05) is 0 Å². The van der Waals surface area contributed by atoms with Crippen molar-refractivity contribution in [2.24, 2.45) is 0 Å². The lowest BCUT2D eigenvalue weighted by atomic mass is 10.2. The number of nitriles is 1. The Morgan fingerprint density at radius 2 is 1.72 bits per heavy atom. The third kappa shape index (κ3) is 5.03. The number of anilines is 3. The molecule has 1 aliphatic heterocycles. The summed E-state index contributed by atoms with van der Waals surface area (Å²) in [7, 11) is -3.73. The number of piperazine rings is 1. The highest BCUT2D eigenvalue weighted by molar-refractivity contribution is 7.89. The van der Waals surface area contributed by atoms with Crippen molar-refractivity contribution in [3.8, 4) is 16.8 Å². The molecular weight excluding hydrogens is 501 g/mol. The van der Waals surface area contributed by atoms with E-state index in [9.17, 15) is 12.8 Å². The zero-order valence-electron chi connectivity index (χ0n) is 18.9. The van der Waals surface area contributed by atoms with E-state index in [1.54, 1.807) is 36.5 Å².